The zero-order valence-corrected chi connectivity index (χ0v) is 12.8. The normalized spacial score (nSPS) is 19.8. The minimum absolute atomic E-state index is 0.240. The Kier molecular flexibility index (Phi) is 4.14. The number of nitrogens with zero attached hydrogens (tertiary/aromatic N) is 5. The first-order valence-electron chi connectivity index (χ1n) is 7.10. The highest BCUT2D eigenvalue weighted by molar-refractivity contribution is 7.71. The molecule has 0 spiro atoms. The van der Waals surface area contributed by atoms with E-state index in [1.165, 1.54) is 0 Å². The second kappa shape index (κ2) is 6.05. The molecule has 3 heterocycles. The summed E-state index contributed by atoms with van der Waals surface area (Å²) in [7, 11) is 1.92. The van der Waals surface area contributed by atoms with E-state index in [0.717, 1.165) is 30.8 Å². The molecular weight excluding hydrogens is 286 g/mol. The lowest BCUT2D eigenvalue weighted by molar-refractivity contribution is 0.0513. The van der Waals surface area contributed by atoms with Crippen molar-refractivity contribution in [3.05, 3.63) is 29.3 Å². The number of aliphatic hydroxyl groups is 1. The van der Waals surface area contributed by atoms with Crippen LogP contribution < -0.4 is 0 Å². The topological polar surface area (TPSA) is 59.1 Å². The average Bonchev–Trinajstić information content (AvgIpc) is 2.77. The number of pyridine rings is 1. The van der Waals surface area contributed by atoms with Gasteiger partial charge in [-0.15, -0.1) is 0 Å². The number of aliphatic hydroxyl groups excluding tert-OH is 1. The largest absolute Gasteiger partial charge is 0.392 e. The first-order valence-corrected chi connectivity index (χ1v) is 7.50. The van der Waals surface area contributed by atoms with Crippen LogP contribution >= 0.6 is 12.2 Å². The molecule has 112 valence electrons. The monoisotopic (exact) mass is 305 g/mol. The van der Waals surface area contributed by atoms with Crippen LogP contribution in [0.25, 0.3) is 11.4 Å². The number of rotatable bonds is 3. The lowest BCUT2D eigenvalue weighted by Gasteiger charge is -2.29. The van der Waals surface area contributed by atoms with Crippen LogP contribution in [0.1, 0.15) is 12.8 Å². The molecule has 0 unspecified atom stereocenters. The maximum Gasteiger partial charge on any atom is 0.199 e. The number of likely N-dealkylation sites (tertiary alicyclic amines) is 1. The van der Waals surface area contributed by atoms with Gasteiger partial charge in [0.2, 0.25) is 0 Å². The minimum atomic E-state index is -0.240. The van der Waals surface area contributed by atoms with Gasteiger partial charge in [0.25, 0.3) is 0 Å². The zero-order chi connectivity index (χ0) is 14.8. The molecule has 0 bridgehead atoms. The fourth-order valence-electron chi connectivity index (χ4n) is 2.68. The van der Waals surface area contributed by atoms with Crippen molar-refractivity contribution in [1.82, 2.24) is 24.2 Å². The highest BCUT2D eigenvalue weighted by Crippen LogP contribution is 2.17. The summed E-state index contributed by atoms with van der Waals surface area (Å²) in [5.41, 5.74) is 0.996. The maximum absolute atomic E-state index is 9.76. The lowest BCUT2D eigenvalue weighted by atomic mass is 10.1. The van der Waals surface area contributed by atoms with Gasteiger partial charge in [-0.25, -0.2) is 4.68 Å². The van der Waals surface area contributed by atoms with E-state index in [1.807, 2.05) is 28.4 Å². The van der Waals surface area contributed by atoms with Gasteiger partial charge in [-0.3, -0.25) is 9.88 Å². The van der Waals surface area contributed by atoms with Gasteiger partial charge < -0.3 is 9.67 Å². The van der Waals surface area contributed by atoms with Crippen molar-refractivity contribution >= 4 is 12.2 Å². The van der Waals surface area contributed by atoms with Crippen LogP contribution in [-0.4, -0.2) is 48.5 Å². The summed E-state index contributed by atoms with van der Waals surface area (Å²) in [6.45, 7) is 2.28. The summed E-state index contributed by atoms with van der Waals surface area (Å²) in [5, 5.41) is 14.4. The van der Waals surface area contributed by atoms with Gasteiger partial charge in [0.05, 0.1) is 12.8 Å². The van der Waals surface area contributed by atoms with Gasteiger partial charge in [0.15, 0.2) is 10.6 Å². The van der Waals surface area contributed by atoms with E-state index in [-0.39, 0.29) is 6.10 Å². The Labute approximate surface area is 128 Å². The molecule has 1 fully saturated rings. The second-order valence-corrected chi connectivity index (χ2v) is 5.78. The Balaban J connectivity index is 1.85. The molecule has 0 aliphatic carbocycles. The summed E-state index contributed by atoms with van der Waals surface area (Å²) >= 11 is 5.47. The lowest BCUT2D eigenvalue weighted by Crippen LogP contribution is -2.39. The molecule has 1 saturated heterocycles. The first-order chi connectivity index (χ1) is 10.1. The fourth-order valence-corrected chi connectivity index (χ4v) is 2.87. The molecule has 1 N–H and O–H groups in total. The molecule has 6 nitrogen and oxygen atoms in total. The molecule has 1 aliphatic rings. The van der Waals surface area contributed by atoms with E-state index in [9.17, 15) is 5.11 Å². The summed E-state index contributed by atoms with van der Waals surface area (Å²) in [6.07, 6.45) is 5.15. The van der Waals surface area contributed by atoms with Crippen molar-refractivity contribution in [2.75, 3.05) is 13.1 Å². The summed E-state index contributed by atoms with van der Waals surface area (Å²) in [5.74, 6) is 0.833. The van der Waals surface area contributed by atoms with Gasteiger partial charge >= 0.3 is 0 Å². The predicted molar refractivity (Wildman–Crippen MR) is 82.1 cm³/mol. The zero-order valence-electron chi connectivity index (χ0n) is 12.0. The van der Waals surface area contributed by atoms with Crippen LogP contribution in [0.3, 0.4) is 0 Å². The summed E-state index contributed by atoms with van der Waals surface area (Å²) in [6, 6.07) is 3.85. The molecule has 2 aromatic rings. The van der Waals surface area contributed by atoms with Crippen LogP contribution in [-0.2, 0) is 13.7 Å². The number of hydrogen-bond donors (Lipinski definition) is 1. The van der Waals surface area contributed by atoms with E-state index in [2.05, 4.69) is 15.0 Å². The summed E-state index contributed by atoms with van der Waals surface area (Å²) < 4.78 is 4.41. The minimum Gasteiger partial charge on any atom is -0.392 e. The van der Waals surface area contributed by atoms with Crippen molar-refractivity contribution < 1.29 is 5.11 Å². The molecule has 0 saturated carbocycles. The van der Waals surface area contributed by atoms with E-state index < -0.39 is 0 Å². The van der Waals surface area contributed by atoms with Crippen molar-refractivity contribution in [1.29, 1.82) is 0 Å². The van der Waals surface area contributed by atoms with Gasteiger partial charge in [-0.2, -0.15) is 5.10 Å². The van der Waals surface area contributed by atoms with Crippen molar-refractivity contribution in [2.24, 2.45) is 7.05 Å². The Hall–Kier alpha value is -1.57. The molecule has 0 amide bonds. The SMILES string of the molecule is Cn1c(-c2ccncc2)nn(CN2CCC[C@@H](O)C2)c1=S. The number of aromatic nitrogens is 4. The standard InChI is InChI=1S/C14H19N5OS/c1-17-13(11-4-6-15-7-5-11)16-19(14(17)21)10-18-8-2-3-12(20)9-18/h4-7,12,20H,2-3,8-10H2,1H3/t12-/m1/s1. The van der Waals surface area contributed by atoms with E-state index in [4.69, 9.17) is 12.2 Å². The smallest absolute Gasteiger partial charge is 0.199 e. The highest BCUT2D eigenvalue weighted by atomic mass is 32.1. The third-order valence-corrected chi connectivity index (χ3v) is 4.28. The Bertz CT molecular complexity index is 666. The van der Waals surface area contributed by atoms with Crippen molar-refractivity contribution in [2.45, 2.75) is 25.6 Å². The second-order valence-electron chi connectivity index (χ2n) is 5.42. The Morgan fingerprint density at radius 1 is 1.38 bits per heavy atom. The number of piperidine rings is 1. The van der Waals surface area contributed by atoms with Crippen molar-refractivity contribution in [3.63, 3.8) is 0 Å². The highest BCUT2D eigenvalue weighted by Gasteiger charge is 2.19. The third kappa shape index (κ3) is 3.04. The molecule has 1 atom stereocenters. The molecule has 0 radical (unpaired) electrons. The van der Waals surface area contributed by atoms with Gasteiger partial charge in [-0.1, -0.05) is 0 Å². The molecule has 0 aromatic carbocycles. The van der Waals surface area contributed by atoms with E-state index in [1.54, 1.807) is 12.4 Å². The molecule has 1 aliphatic heterocycles. The quantitative estimate of drug-likeness (QED) is 0.869. The van der Waals surface area contributed by atoms with E-state index in [0.29, 0.717) is 18.0 Å². The first kappa shape index (κ1) is 14.4. The van der Waals surface area contributed by atoms with Gasteiger partial charge in [-0.05, 0) is 37.2 Å². The molecule has 3 rings (SSSR count). The fraction of sp³-hybridized carbons (Fsp3) is 0.500. The van der Waals surface area contributed by atoms with Gasteiger partial charge in [0.1, 0.15) is 0 Å². The number of hydrogen-bond acceptors (Lipinski definition) is 5. The van der Waals surface area contributed by atoms with Crippen LogP contribution in [0.5, 0.6) is 0 Å². The Morgan fingerprint density at radius 3 is 2.86 bits per heavy atom. The van der Waals surface area contributed by atoms with Crippen LogP contribution in [0.15, 0.2) is 24.5 Å². The molecular formula is C14H19N5OS. The predicted octanol–water partition coefficient (Wildman–Crippen LogP) is 1.43. The van der Waals surface area contributed by atoms with Crippen LogP contribution in [0, 0.1) is 4.77 Å². The van der Waals surface area contributed by atoms with Crippen molar-refractivity contribution in [3.8, 4) is 11.4 Å². The molecule has 2 aromatic heterocycles. The van der Waals surface area contributed by atoms with Crippen LogP contribution in [0.2, 0.25) is 0 Å². The molecule has 7 heteroatoms. The maximum atomic E-state index is 9.76. The average molecular weight is 305 g/mol. The summed E-state index contributed by atoms with van der Waals surface area (Å²) in [4.78, 5) is 6.21. The molecule has 21 heavy (non-hydrogen) atoms. The van der Waals surface area contributed by atoms with Crippen LogP contribution in [0.4, 0.5) is 0 Å². The third-order valence-electron chi connectivity index (χ3n) is 3.79. The van der Waals surface area contributed by atoms with Gasteiger partial charge in [0, 0.05) is 38.1 Å². The Morgan fingerprint density at radius 2 is 2.14 bits per heavy atom. The van der Waals surface area contributed by atoms with E-state index >= 15 is 0 Å². The number of β-amino-alcohol motifs (C(OH)–C–C–N with tert-alkyl or cyclic N) is 1.